The fraction of sp³-hybridized carbons (Fsp3) is 0.267. The van der Waals surface area contributed by atoms with E-state index in [-0.39, 0.29) is 28.6 Å². The van der Waals surface area contributed by atoms with Crippen molar-refractivity contribution in [3.05, 3.63) is 52.8 Å². The van der Waals surface area contributed by atoms with Crippen LogP contribution < -0.4 is 0 Å². The van der Waals surface area contributed by atoms with Gasteiger partial charge in [-0.05, 0) is 41.5 Å². The van der Waals surface area contributed by atoms with Crippen LogP contribution in [-0.4, -0.2) is 15.2 Å². The van der Waals surface area contributed by atoms with Gasteiger partial charge in [-0.25, -0.2) is 0 Å². The minimum atomic E-state index is -4.96. The molecule has 3 nitrogen and oxygen atoms in total. The van der Waals surface area contributed by atoms with E-state index in [4.69, 9.17) is 10.2 Å². The third-order valence-electron chi connectivity index (χ3n) is 3.18. The smallest absolute Gasteiger partial charge is 0.390 e. The second-order valence-corrected chi connectivity index (χ2v) is 4.95. The van der Waals surface area contributed by atoms with Crippen molar-refractivity contribution in [2.75, 3.05) is 0 Å². The fourth-order valence-corrected chi connectivity index (χ4v) is 2.10. The number of alkyl halides is 6. The lowest BCUT2D eigenvalue weighted by Gasteiger charge is -2.15. The summed E-state index contributed by atoms with van der Waals surface area (Å²) in [7, 11) is 0. The van der Waals surface area contributed by atoms with Gasteiger partial charge in [0, 0.05) is 0 Å². The molecule has 2 aromatic rings. The number of benzene rings is 1. The first-order chi connectivity index (χ1) is 11.0. The highest BCUT2D eigenvalue weighted by atomic mass is 19.4. The third-order valence-corrected chi connectivity index (χ3v) is 3.18. The first-order valence-electron chi connectivity index (χ1n) is 6.56. The highest BCUT2D eigenvalue weighted by Gasteiger charge is 2.37. The molecule has 24 heavy (non-hydrogen) atoms. The normalized spacial score (nSPS) is 12.5. The Morgan fingerprint density at radius 1 is 0.667 bits per heavy atom. The van der Waals surface area contributed by atoms with Crippen LogP contribution in [0.15, 0.2) is 30.3 Å². The third kappa shape index (κ3) is 4.04. The summed E-state index contributed by atoms with van der Waals surface area (Å²) in [5.74, 6) is 0. The number of hydrogen-bond acceptors (Lipinski definition) is 3. The molecule has 0 atom stereocenters. The summed E-state index contributed by atoms with van der Waals surface area (Å²) >= 11 is 0. The molecule has 9 heteroatoms. The summed E-state index contributed by atoms with van der Waals surface area (Å²) in [4.78, 5) is 3.79. The largest absolute Gasteiger partial charge is 0.416 e. The molecule has 2 rings (SSSR count). The molecular weight excluding hydrogens is 340 g/mol. The summed E-state index contributed by atoms with van der Waals surface area (Å²) in [5, 5.41) is 18.2. The van der Waals surface area contributed by atoms with Crippen LogP contribution >= 0.6 is 0 Å². The minimum absolute atomic E-state index is 0.0162. The fourth-order valence-electron chi connectivity index (χ4n) is 2.10. The van der Waals surface area contributed by atoms with E-state index in [1.807, 2.05) is 0 Å². The van der Waals surface area contributed by atoms with E-state index in [2.05, 4.69) is 4.98 Å². The number of pyridine rings is 1. The molecule has 0 amide bonds. The van der Waals surface area contributed by atoms with Crippen molar-refractivity contribution in [3.63, 3.8) is 0 Å². The Labute approximate surface area is 132 Å². The molecule has 0 aliphatic carbocycles. The Morgan fingerprint density at radius 2 is 1.04 bits per heavy atom. The molecule has 0 aliphatic rings. The first kappa shape index (κ1) is 18.2. The van der Waals surface area contributed by atoms with Gasteiger partial charge in [-0.3, -0.25) is 4.98 Å². The number of aliphatic hydroxyl groups excluding tert-OH is 2. The van der Waals surface area contributed by atoms with Gasteiger partial charge in [0.25, 0.3) is 0 Å². The maximum Gasteiger partial charge on any atom is 0.416 e. The van der Waals surface area contributed by atoms with Gasteiger partial charge in [0.2, 0.25) is 0 Å². The highest BCUT2D eigenvalue weighted by Crippen LogP contribution is 2.38. The van der Waals surface area contributed by atoms with Crippen molar-refractivity contribution in [1.29, 1.82) is 0 Å². The number of rotatable bonds is 3. The lowest BCUT2D eigenvalue weighted by Crippen LogP contribution is -2.11. The van der Waals surface area contributed by atoms with Crippen LogP contribution in [0.2, 0.25) is 0 Å². The van der Waals surface area contributed by atoms with Crippen molar-refractivity contribution in [1.82, 2.24) is 4.98 Å². The molecule has 0 fully saturated rings. The van der Waals surface area contributed by atoms with Crippen molar-refractivity contribution in [3.8, 4) is 11.1 Å². The summed E-state index contributed by atoms with van der Waals surface area (Å²) in [6, 6.07) is 3.51. The van der Waals surface area contributed by atoms with Gasteiger partial charge in [-0.15, -0.1) is 0 Å². The zero-order valence-electron chi connectivity index (χ0n) is 11.9. The standard InChI is InChI=1S/C15H11F6NO2/c16-14(17,18)10-1-8(2-11(5-10)15(19,20)21)9-3-12(6-23)22-13(4-9)7-24/h1-5,23-24H,6-7H2. The summed E-state index contributed by atoms with van der Waals surface area (Å²) < 4.78 is 77.3. The van der Waals surface area contributed by atoms with E-state index in [1.165, 1.54) is 0 Å². The Kier molecular flexibility index (Phi) is 4.86. The van der Waals surface area contributed by atoms with Crippen LogP contribution in [-0.2, 0) is 25.6 Å². The Hall–Kier alpha value is -2.13. The maximum atomic E-state index is 12.9. The van der Waals surface area contributed by atoms with Crippen LogP contribution in [0, 0.1) is 0 Å². The minimum Gasteiger partial charge on any atom is -0.390 e. The predicted molar refractivity (Wildman–Crippen MR) is 71.5 cm³/mol. The van der Waals surface area contributed by atoms with Crippen LogP contribution in [0.25, 0.3) is 11.1 Å². The zero-order chi connectivity index (χ0) is 18.1. The van der Waals surface area contributed by atoms with E-state index in [0.717, 1.165) is 12.1 Å². The molecular formula is C15H11F6NO2. The van der Waals surface area contributed by atoms with Crippen LogP contribution in [0.4, 0.5) is 26.3 Å². The van der Waals surface area contributed by atoms with Crippen molar-refractivity contribution >= 4 is 0 Å². The van der Waals surface area contributed by atoms with Crippen LogP contribution in [0.1, 0.15) is 22.5 Å². The molecule has 130 valence electrons. The quantitative estimate of drug-likeness (QED) is 0.828. The number of aromatic nitrogens is 1. The molecule has 1 aromatic heterocycles. The second-order valence-electron chi connectivity index (χ2n) is 4.95. The molecule has 0 radical (unpaired) electrons. The van der Waals surface area contributed by atoms with E-state index in [1.54, 1.807) is 0 Å². The van der Waals surface area contributed by atoms with Crippen LogP contribution in [0.3, 0.4) is 0 Å². The van der Waals surface area contributed by atoms with E-state index in [0.29, 0.717) is 12.1 Å². The number of hydrogen-bond donors (Lipinski definition) is 2. The highest BCUT2D eigenvalue weighted by molar-refractivity contribution is 5.66. The predicted octanol–water partition coefficient (Wildman–Crippen LogP) is 3.77. The molecule has 2 N–H and O–H groups in total. The van der Waals surface area contributed by atoms with Gasteiger partial charge in [0.1, 0.15) is 0 Å². The zero-order valence-corrected chi connectivity index (χ0v) is 11.9. The molecule has 0 saturated heterocycles. The van der Waals surface area contributed by atoms with Crippen molar-refractivity contribution < 1.29 is 36.6 Å². The molecule has 0 aliphatic heterocycles. The molecule has 0 saturated carbocycles. The topological polar surface area (TPSA) is 53.4 Å². The van der Waals surface area contributed by atoms with Gasteiger partial charge in [-0.1, -0.05) is 0 Å². The lowest BCUT2D eigenvalue weighted by molar-refractivity contribution is -0.143. The number of nitrogens with zero attached hydrogens (tertiary/aromatic N) is 1. The Morgan fingerprint density at radius 3 is 1.38 bits per heavy atom. The average Bonchev–Trinajstić information content (AvgIpc) is 2.52. The molecule has 1 aromatic carbocycles. The maximum absolute atomic E-state index is 12.9. The van der Waals surface area contributed by atoms with Crippen molar-refractivity contribution in [2.45, 2.75) is 25.6 Å². The summed E-state index contributed by atoms with van der Waals surface area (Å²) in [6.45, 7) is -1.15. The molecule has 0 unspecified atom stereocenters. The Balaban J connectivity index is 2.70. The number of aliphatic hydroxyl groups is 2. The number of halogens is 6. The van der Waals surface area contributed by atoms with Crippen LogP contribution in [0.5, 0.6) is 0 Å². The van der Waals surface area contributed by atoms with Gasteiger partial charge in [-0.2, -0.15) is 26.3 Å². The summed E-state index contributed by atoms with van der Waals surface area (Å²) in [6.07, 6.45) is -9.91. The Bertz CT molecular complexity index is 685. The average molecular weight is 351 g/mol. The van der Waals surface area contributed by atoms with Gasteiger partial charge in [0.05, 0.1) is 35.7 Å². The van der Waals surface area contributed by atoms with E-state index >= 15 is 0 Å². The first-order valence-corrected chi connectivity index (χ1v) is 6.56. The van der Waals surface area contributed by atoms with Gasteiger partial charge < -0.3 is 10.2 Å². The van der Waals surface area contributed by atoms with E-state index in [9.17, 15) is 26.3 Å². The monoisotopic (exact) mass is 351 g/mol. The molecule has 0 spiro atoms. The molecule has 0 bridgehead atoms. The SMILES string of the molecule is OCc1cc(-c2cc(C(F)(F)F)cc(C(F)(F)F)c2)cc(CO)n1. The summed E-state index contributed by atoms with van der Waals surface area (Å²) in [5.41, 5.74) is -3.22. The second kappa shape index (κ2) is 6.40. The molecule has 1 heterocycles. The van der Waals surface area contributed by atoms with E-state index < -0.39 is 36.7 Å². The lowest BCUT2D eigenvalue weighted by atomic mass is 9.98. The van der Waals surface area contributed by atoms with Gasteiger partial charge >= 0.3 is 12.4 Å². The van der Waals surface area contributed by atoms with Gasteiger partial charge in [0.15, 0.2) is 0 Å². The van der Waals surface area contributed by atoms with Crippen molar-refractivity contribution in [2.24, 2.45) is 0 Å².